The SMILES string of the molecule is CCOC/C(=C/OC(C)=O)C1CCC(O)C2(C)C(=O)C(O)C3=C(C)[C@]4(OC(=O)[C@H](O)[C@@H](NC(=O)OC(C)(C)C)c5ccccc5)CC(O)([C@@H](OC(=O)c5ccccc5)[C@H]12)C34C. The van der Waals surface area contributed by atoms with Crippen molar-refractivity contribution in [2.24, 2.45) is 22.7 Å². The summed E-state index contributed by atoms with van der Waals surface area (Å²) in [4.78, 5) is 68.6. The average molecular weight is 848 g/mol. The predicted molar refractivity (Wildman–Crippen MR) is 217 cm³/mol. The number of ketones is 1. The number of fused-ring (bicyclic) bond motifs is 1. The van der Waals surface area contributed by atoms with Crippen LogP contribution in [-0.2, 0) is 38.1 Å². The van der Waals surface area contributed by atoms with Gasteiger partial charge in [-0.15, -0.1) is 0 Å². The zero-order valence-corrected chi connectivity index (χ0v) is 35.8. The number of ether oxygens (including phenoxy) is 5. The Balaban J connectivity index is 1.48. The van der Waals surface area contributed by atoms with E-state index in [1.54, 1.807) is 76.2 Å². The first-order valence-corrected chi connectivity index (χ1v) is 20.6. The van der Waals surface area contributed by atoms with Gasteiger partial charge in [-0.05, 0) is 102 Å². The van der Waals surface area contributed by atoms with Gasteiger partial charge < -0.3 is 49.4 Å². The van der Waals surface area contributed by atoms with E-state index >= 15 is 0 Å². The van der Waals surface area contributed by atoms with Crippen LogP contribution in [0.5, 0.6) is 0 Å². The molecule has 11 atom stereocenters. The Morgan fingerprint density at radius 2 is 1.61 bits per heavy atom. The number of Topliss-reactive ketones (excluding diaryl/α,β-unsaturated/α-hetero) is 1. The summed E-state index contributed by atoms with van der Waals surface area (Å²) in [5.74, 6) is -5.65. The highest BCUT2D eigenvalue weighted by Crippen LogP contribution is 2.77. The molecule has 2 aromatic carbocycles. The lowest BCUT2D eigenvalue weighted by atomic mass is 9.31. The Morgan fingerprint density at radius 3 is 2.20 bits per heavy atom. The Labute approximate surface area is 355 Å². The molecule has 5 N–H and O–H groups in total. The maximum atomic E-state index is 15.0. The van der Waals surface area contributed by atoms with E-state index in [4.69, 9.17) is 23.7 Å². The molecule has 0 radical (unpaired) electrons. The van der Waals surface area contributed by atoms with Crippen molar-refractivity contribution in [3.05, 3.63) is 94.8 Å². The van der Waals surface area contributed by atoms with Crippen molar-refractivity contribution in [2.75, 3.05) is 13.2 Å². The van der Waals surface area contributed by atoms with Gasteiger partial charge in [0.1, 0.15) is 29.0 Å². The van der Waals surface area contributed by atoms with E-state index in [0.717, 1.165) is 0 Å². The summed E-state index contributed by atoms with van der Waals surface area (Å²) in [6.07, 6.45) is -6.92. The van der Waals surface area contributed by atoms with E-state index < -0.39 is 106 Å². The molecule has 0 saturated heterocycles. The number of aliphatic hydroxyl groups excluding tert-OH is 3. The largest absolute Gasteiger partial charge is 0.455 e. The maximum Gasteiger partial charge on any atom is 0.408 e. The number of nitrogens with one attached hydrogen (secondary N) is 1. The molecule has 330 valence electrons. The fourth-order valence-electron chi connectivity index (χ4n) is 10.3. The number of amides is 1. The first-order chi connectivity index (χ1) is 28.6. The highest BCUT2D eigenvalue weighted by Gasteiger charge is 2.87. The molecule has 2 aromatic rings. The van der Waals surface area contributed by atoms with Gasteiger partial charge in [0.05, 0.1) is 41.4 Å². The third kappa shape index (κ3) is 7.58. The van der Waals surface area contributed by atoms with Crippen LogP contribution < -0.4 is 5.32 Å². The molecule has 15 nitrogen and oxygen atoms in total. The number of hydrogen-bond donors (Lipinski definition) is 5. The second-order valence-electron chi connectivity index (χ2n) is 17.9. The zero-order chi connectivity index (χ0) is 44.9. The molecule has 0 bridgehead atoms. The average Bonchev–Trinajstić information content (AvgIpc) is 3.21. The molecular weight excluding hydrogens is 790 g/mol. The Bertz CT molecular complexity index is 2100. The van der Waals surface area contributed by atoms with Crippen LogP contribution in [0, 0.1) is 22.7 Å². The minimum Gasteiger partial charge on any atom is -0.455 e. The monoisotopic (exact) mass is 847 g/mol. The molecule has 0 aliphatic heterocycles. The van der Waals surface area contributed by atoms with Gasteiger partial charge in [-0.2, -0.15) is 0 Å². The molecule has 0 heterocycles. The molecule has 6 rings (SSSR count). The topological polar surface area (TPSA) is 224 Å². The number of esters is 3. The van der Waals surface area contributed by atoms with Crippen molar-refractivity contribution < 1.29 is 68.1 Å². The molecular formula is C46H57NO14. The normalized spacial score (nSPS) is 32.9. The van der Waals surface area contributed by atoms with Crippen LogP contribution in [-0.4, -0.2) is 105 Å². The van der Waals surface area contributed by atoms with Crippen LogP contribution in [0.3, 0.4) is 0 Å². The van der Waals surface area contributed by atoms with Crippen LogP contribution in [0.15, 0.2) is 83.6 Å². The van der Waals surface area contributed by atoms with Gasteiger partial charge >= 0.3 is 24.0 Å². The molecule has 61 heavy (non-hydrogen) atoms. The Hall–Kier alpha value is -4.93. The molecule has 4 aliphatic carbocycles. The van der Waals surface area contributed by atoms with Gasteiger partial charge in [0, 0.05) is 25.9 Å². The lowest BCUT2D eigenvalue weighted by molar-refractivity contribution is -0.338. The number of carbonyl (C=O) groups is 5. The summed E-state index contributed by atoms with van der Waals surface area (Å²) >= 11 is 0. The van der Waals surface area contributed by atoms with Crippen LogP contribution in [0.25, 0.3) is 0 Å². The molecule has 15 heteroatoms. The summed E-state index contributed by atoms with van der Waals surface area (Å²) < 4.78 is 29.2. The fraction of sp³-hybridized carbons (Fsp3) is 0.543. The van der Waals surface area contributed by atoms with Crippen molar-refractivity contribution >= 4 is 29.8 Å². The molecule has 1 amide bonds. The van der Waals surface area contributed by atoms with Crippen molar-refractivity contribution in [1.82, 2.24) is 5.32 Å². The zero-order valence-electron chi connectivity index (χ0n) is 35.8. The predicted octanol–water partition coefficient (Wildman–Crippen LogP) is 4.41. The molecule has 0 spiro atoms. The number of rotatable bonds is 12. The van der Waals surface area contributed by atoms with Gasteiger partial charge in [-0.25, -0.2) is 14.4 Å². The van der Waals surface area contributed by atoms with Crippen LogP contribution >= 0.6 is 0 Å². The van der Waals surface area contributed by atoms with Gasteiger partial charge in [-0.3, -0.25) is 9.59 Å². The maximum absolute atomic E-state index is 15.0. The van der Waals surface area contributed by atoms with E-state index in [1.165, 1.54) is 46.1 Å². The Kier molecular flexibility index (Phi) is 12.5. The number of alkyl carbamates (subject to hydrolysis) is 1. The minimum atomic E-state index is -2.20. The van der Waals surface area contributed by atoms with Gasteiger partial charge in [-0.1, -0.05) is 48.5 Å². The molecule has 0 aromatic heterocycles. The number of hydrogen-bond acceptors (Lipinski definition) is 14. The summed E-state index contributed by atoms with van der Waals surface area (Å²) in [5.41, 5.74) is -7.51. The molecule has 3 saturated carbocycles. The summed E-state index contributed by atoms with van der Waals surface area (Å²) in [5, 5.41) is 51.7. The first-order valence-electron chi connectivity index (χ1n) is 20.6. The van der Waals surface area contributed by atoms with Gasteiger partial charge in [0.15, 0.2) is 11.9 Å². The second kappa shape index (κ2) is 16.7. The lowest BCUT2D eigenvalue weighted by Crippen LogP contribution is -2.88. The third-order valence-corrected chi connectivity index (χ3v) is 13.4. The highest BCUT2D eigenvalue weighted by atomic mass is 16.6. The fourth-order valence-corrected chi connectivity index (χ4v) is 10.3. The van der Waals surface area contributed by atoms with Gasteiger partial charge in [0.2, 0.25) is 0 Å². The van der Waals surface area contributed by atoms with Crippen molar-refractivity contribution in [1.29, 1.82) is 0 Å². The number of benzene rings is 2. The molecule has 3 fully saturated rings. The standard InChI is InChI=1S/C46H57NO14/c1-9-57-22-29(23-58-26(3)48)30-20-21-31(49)43(7)33(30)38(59-39(53)28-18-14-11-15-19-28)45(56)24-46(25(2)32(44(45,46)8)35(50)37(43)52)60-40(54)36(51)34(27-16-12-10-13-17-27)47-41(55)61-42(4,5)6/h10-19,23,30-31,33-36,38,49-51,56H,9,20-22,24H2,1-8H3,(H,47,55)/b29-23-/t30?,31?,33-,34-,35?,36+,38-,43?,44?,45?,46+/m0/s1. The van der Waals surface area contributed by atoms with E-state index in [2.05, 4.69) is 5.32 Å². The van der Waals surface area contributed by atoms with E-state index in [-0.39, 0.29) is 42.8 Å². The third-order valence-electron chi connectivity index (χ3n) is 13.4. The van der Waals surface area contributed by atoms with Crippen LogP contribution in [0.4, 0.5) is 4.79 Å². The van der Waals surface area contributed by atoms with Crippen molar-refractivity contribution in [3.8, 4) is 0 Å². The van der Waals surface area contributed by atoms with Crippen LogP contribution in [0.2, 0.25) is 0 Å². The van der Waals surface area contributed by atoms with E-state index in [9.17, 15) is 44.4 Å². The smallest absolute Gasteiger partial charge is 0.408 e. The van der Waals surface area contributed by atoms with Crippen molar-refractivity contribution in [2.45, 2.75) is 122 Å². The van der Waals surface area contributed by atoms with E-state index in [0.29, 0.717) is 11.1 Å². The van der Waals surface area contributed by atoms with E-state index in [1.807, 2.05) is 0 Å². The lowest BCUT2D eigenvalue weighted by Gasteiger charge is -2.77. The number of carbonyl (C=O) groups excluding carboxylic acids is 5. The quantitative estimate of drug-likeness (QED) is 0.0864. The summed E-state index contributed by atoms with van der Waals surface area (Å²) in [7, 11) is 0. The Morgan fingerprint density at radius 1 is 0.984 bits per heavy atom. The summed E-state index contributed by atoms with van der Waals surface area (Å²) in [6, 6.07) is 14.8. The summed E-state index contributed by atoms with van der Waals surface area (Å²) in [6.45, 7) is 12.6. The minimum absolute atomic E-state index is 0.0137. The van der Waals surface area contributed by atoms with Crippen LogP contribution in [0.1, 0.15) is 96.6 Å². The molecule has 4 aliphatic rings. The second-order valence-corrected chi connectivity index (χ2v) is 17.9. The highest BCUT2D eigenvalue weighted by molar-refractivity contribution is 5.95. The first kappa shape index (κ1) is 45.6. The molecule has 6 unspecified atom stereocenters. The van der Waals surface area contributed by atoms with Crippen molar-refractivity contribution in [3.63, 3.8) is 0 Å². The van der Waals surface area contributed by atoms with Gasteiger partial charge in [0.25, 0.3) is 0 Å². The number of aliphatic hydroxyl groups is 4.